The van der Waals surface area contributed by atoms with E-state index >= 15 is 0 Å². The van der Waals surface area contributed by atoms with Gasteiger partial charge in [-0.25, -0.2) is 15.0 Å². The zero-order valence-electron chi connectivity index (χ0n) is 9.28. The number of nitrogens with zero attached hydrogens (tertiary/aromatic N) is 4. The average Bonchev–Trinajstić information content (AvgIpc) is 2.79. The summed E-state index contributed by atoms with van der Waals surface area (Å²) < 4.78 is 1.48. The molecule has 0 bridgehead atoms. The highest BCUT2D eigenvalue weighted by Crippen LogP contribution is 2.11. The van der Waals surface area contributed by atoms with E-state index in [9.17, 15) is 4.79 Å². The molecule has 0 aliphatic heterocycles. The smallest absolute Gasteiger partial charge is 0.280 e. The highest BCUT2D eigenvalue weighted by Gasteiger charge is 2.06. The third-order valence-electron chi connectivity index (χ3n) is 2.49. The molecule has 3 heterocycles. The van der Waals surface area contributed by atoms with Gasteiger partial charge in [0.25, 0.3) is 5.56 Å². The van der Waals surface area contributed by atoms with Crippen molar-refractivity contribution in [3.8, 4) is 0 Å². The lowest BCUT2D eigenvalue weighted by Crippen LogP contribution is -2.22. The van der Waals surface area contributed by atoms with Crippen molar-refractivity contribution in [1.82, 2.24) is 19.5 Å². The fourth-order valence-corrected chi connectivity index (χ4v) is 2.22. The minimum absolute atomic E-state index is 0.174. The molecule has 6 nitrogen and oxygen atoms in total. The SMILES string of the molecule is Nc1nc(Cn2cnc3cccnc3c2=O)cs1. The van der Waals surface area contributed by atoms with Crippen LogP contribution in [0.5, 0.6) is 0 Å². The maximum atomic E-state index is 12.1. The number of nitrogens with two attached hydrogens (primary N) is 1. The Morgan fingerprint density at radius 3 is 3.06 bits per heavy atom. The Morgan fingerprint density at radius 2 is 2.28 bits per heavy atom. The molecule has 0 aliphatic carbocycles. The Labute approximate surface area is 106 Å². The van der Waals surface area contributed by atoms with Gasteiger partial charge in [-0.3, -0.25) is 9.36 Å². The van der Waals surface area contributed by atoms with Crippen LogP contribution in [-0.2, 0) is 6.54 Å². The number of aromatic nitrogens is 4. The van der Waals surface area contributed by atoms with Crippen molar-refractivity contribution in [1.29, 1.82) is 0 Å². The first-order valence-corrected chi connectivity index (χ1v) is 6.12. The van der Waals surface area contributed by atoms with Crippen LogP contribution < -0.4 is 11.3 Å². The summed E-state index contributed by atoms with van der Waals surface area (Å²) in [5.41, 5.74) is 7.08. The molecule has 0 amide bonds. The molecule has 90 valence electrons. The highest BCUT2D eigenvalue weighted by atomic mass is 32.1. The summed E-state index contributed by atoms with van der Waals surface area (Å²) in [6.07, 6.45) is 3.08. The van der Waals surface area contributed by atoms with Gasteiger partial charge in [-0.1, -0.05) is 0 Å². The van der Waals surface area contributed by atoms with Crippen LogP contribution in [0.4, 0.5) is 5.13 Å². The van der Waals surface area contributed by atoms with Crippen LogP contribution in [0.15, 0.2) is 34.8 Å². The first-order chi connectivity index (χ1) is 8.74. The molecular weight excluding hydrogens is 250 g/mol. The van der Waals surface area contributed by atoms with Gasteiger partial charge in [0.2, 0.25) is 0 Å². The van der Waals surface area contributed by atoms with Crippen molar-refractivity contribution in [3.05, 3.63) is 46.1 Å². The molecule has 3 rings (SSSR count). The van der Waals surface area contributed by atoms with E-state index < -0.39 is 0 Å². The number of fused-ring (bicyclic) bond motifs is 1. The first-order valence-electron chi connectivity index (χ1n) is 5.24. The quantitative estimate of drug-likeness (QED) is 0.738. The summed E-state index contributed by atoms with van der Waals surface area (Å²) in [5.74, 6) is 0. The molecule has 0 radical (unpaired) electrons. The lowest BCUT2D eigenvalue weighted by atomic mass is 10.3. The third kappa shape index (κ3) is 1.84. The van der Waals surface area contributed by atoms with Crippen LogP contribution in [0.3, 0.4) is 0 Å². The summed E-state index contributed by atoms with van der Waals surface area (Å²) in [5, 5.41) is 2.31. The number of rotatable bonds is 2. The average molecular weight is 259 g/mol. The van der Waals surface area contributed by atoms with E-state index in [1.54, 1.807) is 18.3 Å². The molecule has 0 saturated heterocycles. The van der Waals surface area contributed by atoms with E-state index in [-0.39, 0.29) is 5.56 Å². The predicted molar refractivity (Wildman–Crippen MR) is 69.4 cm³/mol. The molecule has 2 N–H and O–H groups in total. The molecule has 0 fully saturated rings. The maximum absolute atomic E-state index is 12.1. The third-order valence-corrected chi connectivity index (χ3v) is 3.21. The van der Waals surface area contributed by atoms with Crippen LogP contribution in [-0.4, -0.2) is 19.5 Å². The van der Waals surface area contributed by atoms with Gasteiger partial charge in [-0.2, -0.15) is 0 Å². The lowest BCUT2D eigenvalue weighted by Gasteiger charge is -2.03. The van der Waals surface area contributed by atoms with E-state index in [0.29, 0.717) is 22.7 Å². The molecular formula is C11H9N5OS. The summed E-state index contributed by atoms with van der Waals surface area (Å²) in [4.78, 5) is 24.5. The monoisotopic (exact) mass is 259 g/mol. The Bertz CT molecular complexity index is 763. The number of thiazole rings is 1. The number of pyridine rings is 1. The summed E-state index contributed by atoms with van der Waals surface area (Å²) in [7, 11) is 0. The normalized spacial score (nSPS) is 10.9. The predicted octanol–water partition coefficient (Wildman–Crippen LogP) is 0.878. The van der Waals surface area contributed by atoms with E-state index in [0.717, 1.165) is 5.69 Å². The largest absolute Gasteiger partial charge is 0.375 e. The topological polar surface area (TPSA) is 86.7 Å². The van der Waals surface area contributed by atoms with E-state index in [1.807, 2.05) is 5.38 Å². The van der Waals surface area contributed by atoms with Gasteiger partial charge in [0, 0.05) is 11.6 Å². The Morgan fingerprint density at radius 1 is 1.39 bits per heavy atom. The lowest BCUT2D eigenvalue weighted by molar-refractivity contribution is 0.732. The molecule has 0 saturated carbocycles. The van der Waals surface area contributed by atoms with Crippen molar-refractivity contribution < 1.29 is 0 Å². The Balaban J connectivity index is 2.08. The standard InChI is InChI=1S/C11H9N5OS/c12-11-15-7(5-18-11)4-16-6-14-8-2-1-3-13-9(8)10(16)17/h1-3,5-6H,4H2,(H2,12,15). The second-order valence-electron chi connectivity index (χ2n) is 3.73. The summed E-state index contributed by atoms with van der Waals surface area (Å²) in [6.45, 7) is 0.353. The molecule has 7 heteroatoms. The van der Waals surface area contributed by atoms with Gasteiger partial charge in [0.05, 0.1) is 24.1 Å². The molecule has 0 aromatic carbocycles. The van der Waals surface area contributed by atoms with E-state index in [1.165, 1.54) is 22.2 Å². The van der Waals surface area contributed by atoms with Gasteiger partial charge in [0.15, 0.2) is 10.6 Å². The highest BCUT2D eigenvalue weighted by molar-refractivity contribution is 7.13. The zero-order chi connectivity index (χ0) is 12.5. The van der Waals surface area contributed by atoms with E-state index in [2.05, 4.69) is 15.0 Å². The van der Waals surface area contributed by atoms with Crippen LogP contribution >= 0.6 is 11.3 Å². The van der Waals surface area contributed by atoms with Gasteiger partial charge >= 0.3 is 0 Å². The Hall–Kier alpha value is -2.28. The fourth-order valence-electron chi connectivity index (χ4n) is 1.67. The molecule has 3 aromatic rings. The molecule has 18 heavy (non-hydrogen) atoms. The van der Waals surface area contributed by atoms with E-state index in [4.69, 9.17) is 5.73 Å². The van der Waals surface area contributed by atoms with Crippen LogP contribution in [0.25, 0.3) is 11.0 Å². The van der Waals surface area contributed by atoms with Crippen molar-refractivity contribution in [2.24, 2.45) is 0 Å². The molecule has 0 unspecified atom stereocenters. The molecule has 3 aromatic heterocycles. The van der Waals surface area contributed by atoms with Crippen molar-refractivity contribution in [2.75, 3.05) is 5.73 Å². The Kier molecular flexibility index (Phi) is 2.52. The van der Waals surface area contributed by atoms with Gasteiger partial charge in [-0.05, 0) is 12.1 Å². The minimum atomic E-state index is -0.174. The molecule has 0 spiro atoms. The van der Waals surface area contributed by atoms with Crippen molar-refractivity contribution in [2.45, 2.75) is 6.54 Å². The number of hydrogen-bond donors (Lipinski definition) is 1. The van der Waals surface area contributed by atoms with Crippen LogP contribution in [0.2, 0.25) is 0 Å². The van der Waals surface area contributed by atoms with Gasteiger partial charge in [0.1, 0.15) is 0 Å². The summed E-state index contributed by atoms with van der Waals surface area (Å²) in [6, 6.07) is 3.51. The van der Waals surface area contributed by atoms with Gasteiger partial charge in [-0.15, -0.1) is 11.3 Å². The maximum Gasteiger partial charge on any atom is 0.280 e. The summed E-state index contributed by atoms with van der Waals surface area (Å²) >= 11 is 1.35. The number of hydrogen-bond acceptors (Lipinski definition) is 6. The van der Waals surface area contributed by atoms with Gasteiger partial charge < -0.3 is 5.73 Å². The zero-order valence-corrected chi connectivity index (χ0v) is 10.1. The van der Waals surface area contributed by atoms with Crippen LogP contribution in [0.1, 0.15) is 5.69 Å². The first kappa shape index (κ1) is 10.8. The fraction of sp³-hybridized carbons (Fsp3) is 0.0909. The minimum Gasteiger partial charge on any atom is -0.375 e. The second-order valence-corrected chi connectivity index (χ2v) is 4.62. The number of anilines is 1. The van der Waals surface area contributed by atoms with Crippen LogP contribution in [0, 0.1) is 0 Å². The van der Waals surface area contributed by atoms with Crippen molar-refractivity contribution >= 4 is 27.5 Å². The molecule has 0 aliphatic rings. The second kappa shape index (κ2) is 4.19. The van der Waals surface area contributed by atoms with Crippen molar-refractivity contribution in [3.63, 3.8) is 0 Å². The molecule has 0 atom stereocenters. The number of nitrogen functional groups attached to an aromatic ring is 1.